The smallest absolute Gasteiger partial charge is 0.255 e. The van der Waals surface area contributed by atoms with Crippen molar-refractivity contribution >= 4 is 33.2 Å². The van der Waals surface area contributed by atoms with Gasteiger partial charge in [-0.1, -0.05) is 11.6 Å². The van der Waals surface area contributed by atoms with Gasteiger partial charge >= 0.3 is 0 Å². The van der Waals surface area contributed by atoms with Crippen LogP contribution >= 0.6 is 11.6 Å². The van der Waals surface area contributed by atoms with Gasteiger partial charge < -0.3 is 15.0 Å². The lowest BCUT2D eigenvalue weighted by atomic mass is 10.2. The van der Waals surface area contributed by atoms with Crippen LogP contribution in [0.3, 0.4) is 0 Å². The lowest BCUT2D eigenvalue weighted by Crippen LogP contribution is -2.49. The normalized spacial score (nSPS) is 15.0. The maximum absolute atomic E-state index is 13.1. The van der Waals surface area contributed by atoms with E-state index in [0.717, 1.165) is 5.69 Å². The Morgan fingerprint density at radius 1 is 1.13 bits per heavy atom. The lowest BCUT2D eigenvalue weighted by Gasteiger charge is -2.35. The summed E-state index contributed by atoms with van der Waals surface area (Å²) < 4.78 is 45.0. The van der Waals surface area contributed by atoms with E-state index in [9.17, 15) is 17.6 Å². The quantitative estimate of drug-likeness (QED) is 0.601. The van der Waals surface area contributed by atoms with Crippen molar-refractivity contribution in [2.45, 2.75) is 6.42 Å². The molecule has 2 aromatic carbocycles. The highest BCUT2D eigenvalue weighted by Crippen LogP contribution is 2.22. The second-order valence-corrected chi connectivity index (χ2v) is 9.66. The standard InChI is InChI=1S/C21H25ClFN3O4S/c1-30-20-8-3-16(22)15-19(20)21(27)24-9-2-14-31(28,29)26-12-10-25(11-13-26)18-6-4-17(23)5-7-18/h3-8,15H,2,9-14H2,1H3,(H,24,27). The summed E-state index contributed by atoms with van der Waals surface area (Å²) in [7, 11) is -1.97. The number of hydrogen-bond acceptors (Lipinski definition) is 5. The van der Waals surface area contributed by atoms with Gasteiger partial charge in [-0.05, 0) is 48.9 Å². The van der Waals surface area contributed by atoms with Crippen LogP contribution in [0.2, 0.25) is 5.02 Å². The number of nitrogens with zero attached hydrogens (tertiary/aromatic N) is 2. The lowest BCUT2D eigenvalue weighted by molar-refractivity contribution is 0.0950. The Morgan fingerprint density at radius 2 is 1.81 bits per heavy atom. The van der Waals surface area contributed by atoms with Crippen molar-refractivity contribution < 1.29 is 22.3 Å². The summed E-state index contributed by atoms with van der Waals surface area (Å²) in [4.78, 5) is 14.4. The van der Waals surface area contributed by atoms with Gasteiger partial charge in [0, 0.05) is 43.4 Å². The number of hydrogen-bond donors (Lipinski definition) is 1. The second-order valence-electron chi connectivity index (χ2n) is 7.13. The summed E-state index contributed by atoms with van der Waals surface area (Å²) in [5.41, 5.74) is 1.17. The predicted octanol–water partition coefficient (Wildman–Crippen LogP) is 2.76. The number of anilines is 1. The number of nitrogens with one attached hydrogen (secondary N) is 1. The van der Waals surface area contributed by atoms with Crippen molar-refractivity contribution in [1.82, 2.24) is 9.62 Å². The number of amides is 1. The Bertz CT molecular complexity index is 1010. The van der Waals surface area contributed by atoms with Crippen LogP contribution in [0.5, 0.6) is 5.75 Å². The van der Waals surface area contributed by atoms with E-state index >= 15 is 0 Å². The summed E-state index contributed by atoms with van der Waals surface area (Å²) >= 11 is 5.94. The first-order valence-corrected chi connectivity index (χ1v) is 11.9. The van der Waals surface area contributed by atoms with Crippen LogP contribution in [0.25, 0.3) is 0 Å². The highest BCUT2D eigenvalue weighted by molar-refractivity contribution is 7.89. The fraction of sp³-hybridized carbons (Fsp3) is 0.381. The Labute approximate surface area is 186 Å². The molecule has 0 aliphatic carbocycles. The number of halogens is 2. The van der Waals surface area contributed by atoms with Gasteiger partial charge in [-0.25, -0.2) is 12.8 Å². The van der Waals surface area contributed by atoms with Gasteiger partial charge in [0.2, 0.25) is 10.0 Å². The molecule has 1 aliphatic rings. The fourth-order valence-corrected chi connectivity index (χ4v) is 5.07. The molecule has 1 amide bonds. The number of piperazine rings is 1. The van der Waals surface area contributed by atoms with Gasteiger partial charge in [-0.2, -0.15) is 4.31 Å². The number of benzene rings is 2. The van der Waals surface area contributed by atoms with E-state index in [1.165, 1.54) is 29.6 Å². The molecule has 2 aromatic rings. The third-order valence-corrected chi connectivity index (χ3v) is 7.29. The van der Waals surface area contributed by atoms with Gasteiger partial charge in [0.25, 0.3) is 5.91 Å². The summed E-state index contributed by atoms with van der Waals surface area (Å²) in [5, 5.41) is 3.12. The zero-order chi connectivity index (χ0) is 22.4. The molecular weight excluding hydrogens is 445 g/mol. The number of carbonyl (C=O) groups is 1. The summed E-state index contributed by atoms with van der Waals surface area (Å²) in [6.07, 6.45) is 0.287. The van der Waals surface area contributed by atoms with Crippen LogP contribution < -0.4 is 15.0 Å². The fourth-order valence-electron chi connectivity index (χ4n) is 3.41. The molecule has 0 spiro atoms. The van der Waals surface area contributed by atoms with Crippen molar-refractivity contribution in [3.05, 3.63) is 58.9 Å². The van der Waals surface area contributed by atoms with Gasteiger partial charge in [0.05, 0.1) is 18.4 Å². The summed E-state index contributed by atoms with van der Waals surface area (Å²) in [5.74, 6) is -0.333. The first kappa shape index (κ1) is 23.3. The molecule has 7 nitrogen and oxygen atoms in total. The number of sulfonamides is 1. The Kier molecular flexibility index (Phi) is 7.74. The van der Waals surface area contributed by atoms with Crippen molar-refractivity contribution in [2.75, 3.05) is 50.5 Å². The molecule has 0 unspecified atom stereocenters. The largest absolute Gasteiger partial charge is 0.496 e. The molecule has 0 atom stereocenters. The molecule has 0 saturated carbocycles. The van der Waals surface area contributed by atoms with Crippen LogP contribution in [0.4, 0.5) is 10.1 Å². The Balaban J connectivity index is 1.46. The van der Waals surface area contributed by atoms with E-state index in [2.05, 4.69) is 5.32 Å². The minimum atomic E-state index is -3.43. The minimum Gasteiger partial charge on any atom is -0.496 e. The van der Waals surface area contributed by atoms with E-state index in [1.807, 2.05) is 4.90 Å². The molecule has 31 heavy (non-hydrogen) atoms. The van der Waals surface area contributed by atoms with Crippen LogP contribution in [0.15, 0.2) is 42.5 Å². The van der Waals surface area contributed by atoms with Gasteiger partial charge in [-0.15, -0.1) is 0 Å². The number of carbonyl (C=O) groups excluding carboxylic acids is 1. The molecule has 168 valence electrons. The first-order valence-electron chi connectivity index (χ1n) is 9.90. The maximum Gasteiger partial charge on any atom is 0.255 e. The molecule has 1 N–H and O–H groups in total. The molecule has 1 fully saturated rings. The van der Waals surface area contributed by atoms with Gasteiger partial charge in [0.15, 0.2) is 0 Å². The molecular formula is C21H25ClFN3O4S. The minimum absolute atomic E-state index is 0.0590. The highest BCUT2D eigenvalue weighted by Gasteiger charge is 2.26. The molecule has 1 saturated heterocycles. The third-order valence-electron chi connectivity index (χ3n) is 5.09. The van der Waals surface area contributed by atoms with Crippen LogP contribution in [-0.4, -0.2) is 64.2 Å². The van der Waals surface area contributed by atoms with Gasteiger partial charge in [-0.3, -0.25) is 4.79 Å². The van der Waals surface area contributed by atoms with Crippen LogP contribution in [-0.2, 0) is 10.0 Å². The monoisotopic (exact) mass is 469 g/mol. The van der Waals surface area contributed by atoms with Crippen LogP contribution in [0.1, 0.15) is 16.8 Å². The molecule has 3 rings (SSSR count). The molecule has 0 aromatic heterocycles. The zero-order valence-electron chi connectivity index (χ0n) is 17.2. The predicted molar refractivity (Wildman–Crippen MR) is 119 cm³/mol. The number of methoxy groups -OCH3 is 1. The van der Waals surface area contributed by atoms with Crippen molar-refractivity contribution in [2.24, 2.45) is 0 Å². The third kappa shape index (κ3) is 6.09. The second kappa shape index (κ2) is 10.3. The molecule has 1 aliphatic heterocycles. The van der Waals surface area contributed by atoms with Crippen molar-refractivity contribution in [3.8, 4) is 5.75 Å². The van der Waals surface area contributed by atoms with Crippen LogP contribution in [0, 0.1) is 5.82 Å². The van der Waals surface area contributed by atoms with E-state index in [-0.39, 0.29) is 30.4 Å². The molecule has 0 radical (unpaired) electrons. The summed E-state index contributed by atoms with van der Waals surface area (Å²) in [6, 6.07) is 10.9. The average molecular weight is 470 g/mol. The average Bonchev–Trinajstić information content (AvgIpc) is 2.77. The van der Waals surface area contributed by atoms with Crippen molar-refractivity contribution in [3.63, 3.8) is 0 Å². The van der Waals surface area contributed by atoms with E-state index < -0.39 is 10.0 Å². The van der Waals surface area contributed by atoms with E-state index in [1.54, 1.807) is 24.3 Å². The maximum atomic E-state index is 13.1. The molecule has 10 heteroatoms. The summed E-state index contributed by atoms with van der Waals surface area (Å²) in [6.45, 7) is 2.02. The van der Waals surface area contributed by atoms with Gasteiger partial charge in [0.1, 0.15) is 11.6 Å². The number of ether oxygens (including phenoxy) is 1. The Hall–Kier alpha value is -2.36. The topological polar surface area (TPSA) is 78.9 Å². The Morgan fingerprint density at radius 3 is 2.45 bits per heavy atom. The zero-order valence-corrected chi connectivity index (χ0v) is 18.8. The van der Waals surface area contributed by atoms with Crippen molar-refractivity contribution in [1.29, 1.82) is 0 Å². The molecule has 0 bridgehead atoms. The first-order chi connectivity index (χ1) is 14.8. The number of rotatable bonds is 8. The van der Waals surface area contributed by atoms with E-state index in [4.69, 9.17) is 16.3 Å². The molecule has 1 heterocycles. The van der Waals surface area contributed by atoms with E-state index in [0.29, 0.717) is 42.5 Å². The SMILES string of the molecule is COc1ccc(Cl)cc1C(=O)NCCCS(=O)(=O)N1CCN(c2ccc(F)cc2)CC1. The highest BCUT2D eigenvalue weighted by atomic mass is 35.5.